The van der Waals surface area contributed by atoms with Gasteiger partial charge in [0.1, 0.15) is 17.6 Å². The minimum absolute atomic E-state index is 0.00296. The molecular weight excluding hydrogens is 433 g/mol. The predicted molar refractivity (Wildman–Crippen MR) is 105 cm³/mol. The molecule has 2 aliphatic rings. The molecule has 1 saturated heterocycles. The number of aliphatic carboxylic acids is 1. The summed E-state index contributed by atoms with van der Waals surface area (Å²) < 4.78 is 42.6. The van der Waals surface area contributed by atoms with Crippen LogP contribution in [0.1, 0.15) is 30.5 Å². The number of halogens is 3. The maximum Gasteiger partial charge on any atom is 0.490 e. The summed E-state index contributed by atoms with van der Waals surface area (Å²) in [4.78, 5) is 32.4. The van der Waals surface area contributed by atoms with Crippen LogP contribution in [0.25, 0.3) is 0 Å². The minimum Gasteiger partial charge on any atom is -0.475 e. The molecular formula is C20H23F3N4O5. The molecule has 0 spiro atoms. The largest absolute Gasteiger partial charge is 0.490 e. The molecule has 1 atom stereocenters. The fourth-order valence-electron chi connectivity index (χ4n) is 2.98. The maximum atomic E-state index is 12.7. The highest BCUT2D eigenvalue weighted by Crippen LogP contribution is 2.29. The van der Waals surface area contributed by atoms with E-state index in [1.165, 1.54) is 12.8 Å². The van der Waals surface area contributed by atoms with E-state index < -0.39 is 12.1 Å². The molecule has 1 unspecified atom stereocenters. The van der Waals surface area contributed by atoms with Gasteiger partial charge in [0.2, 0.25) is 5.91 Å². The smallest absolute Gasteiger partial charge is 0.475 e. The van der Waals surface area contributed by atoms with E-state index in [4.69, 9.17) is 19.1 Å². The standard InChI is InChI=1S/C18H22N4O3.C2HF3O2/c23-17(10-14-2-1-8-25-14)22-7-9-24-12-15(22)18-19-6-5-16(21-18)20-11-13-3-4-13;3-2(4,5)1(6)7/h1-2,5-6,8,13,15H,3-4,7,9-12H2,(H,19,20,21);(H,6,7). The van der Waals surface area contributed by atoms with Crippen LogP contribution in [0.4, 0.5) is 19.0 Å². The molecule has 3 heterocycles. The van der Waals surface area contributed by atoms with Crippen LogP contribution >= 0.6 is 0 Å². The number of rotatable bonds is 6. The molecule has 1 saturated carbocycles. The summed E-state index contributed by atoms with van der Waals surface area (Å²) in [7, 11) is 0. The molecule has 1 aliphatic carbocycles. The van der Waals surface area contributed by atoms with Crippen molar-refractivity contribution in [1.29, 1.82) is 0 Å². The molecule has 9 nitrogen and oxygen atoms in total. The van der Waals surface area contributed by atoms with Crippen LogP contribution in [0.15, 0.2) is 35.1 Å². The number of amides is 1. The van der Waals surface area contributed by atoms with Crippen LogP contribution < -0.4 is 5.32 Å². The normalized spacial score (nSPS) is 18.5. The van der Waals surface area contributed by atoms with Crippen LogP contribution in [-0.4, -0.2) is 64.3 Å². The van der Waals surface area contributed by atoms with Gasteiger partial charge >= 0.3 is 12.1 Å². The Morgan fingerprint density at radius 2 is 2.03 bits per heavy atom. The average Bonchev–Trinajstić information content (AvgIpc) is 3.46. The van der Waals surface area contributed by atoms with Gasteiger partial charge in [-0.15, -0.1) is 0 Å². The van der Waals surface area contributed by atoms with E-state index in [9.17, 15) is 18.0 Å². The summed E-state index contributed by atoms with van der Waals surface area (Å²) in [6.45, 7) is 2.42. The zero-order chi connectivity index (χ0) is 23.1. The lowest BCUT2D eigenvalue weighted by atomic mass is 10.1. The lowest BCUT2D eigenvalue weighted by Gasteiger charge is -2.34. The summed E-state index contributed by atoms with van der Waals surface area (Å²) in [5.74, 6) is 0.101. The fraction of sp³-hybridized carbons (Fsp3) is 0.500. The summed E-state index contributed by atoms with van der Waals surface area (Å²) in [5.41, 5.74) is 0. The van der Waals surface area contributed by atoms with Crippen molar-refractivity contribution in [2.24, 2.45) is 5.92 Å². The van der Waals surface area contributed by atoms with Gasteiger partial charge in [0.05, 0.1) is 25.9 Å². The molecule has 2 aromatic heterocycles. The first-order chi connectivity index (χ1) is 15.2. The summed E-state index contributed by atoms with van der Waals surface area (Å²) in [6.07, 6.45) is 1.05. The predicted octanol–water partition coefficient (Wildman–Crippen LogP) is 2.67. The number of carboxylic acids is 1. The van der Waals surface area contributed by atoms with Gasteiger partial charge in [0.25, 0.3) is 0 Å². The van der Waals surface area contributed by atoms with E-state index >= 15 is 0 Å². The number of hydrogen-bond donors (Lipinski definition) is 2. The molecule has 12 heteroatoms. The Labute approximate surface area is 181 Å². The Balaban J connectivity index is 0.000000360. The molecule has 1 aliphatic heterocycles. The van der Waals surface area contributed by atoms with Crippen molar-refractivity contribution in [2.75, 3.05) is 31.6 Å². The average molecular weight is 456 g/mol. The van der Waals surface area contributed by atoms with Gasteiger partial charge in [-0.2, -0.15) is 13.2 Å². The van der Waals surface area contributed by atoms with Crippen molar-refractivity contribution in [3.05, 3.63) is 42.2 Å². The van der Waals surface area contributed by atoms with Gasteiger partial charge in [-0.05, 0) is 37.0 Å². The van der Waals surface area contributed by atoms with Crippen LogP contribution in [0.5, 0.6) is 0 Å². The minimum atomic E-state index is -5.08. The van der Waals surface area contributed by atoms with Gasteiger partial charge in [0, 0.05) is 19.3 Å². The number of ether oxygens (including phenoxy) is 1. The van der Waals surface area contributed by atoms with Crippen LogP contribution in [0, 0.1) is 5.92 Å². The number of morpholine rings is 1. The van der Waals surface area contributed by atoms with Crippen molar-refractivity contribution >= 4 is 17.7 Å². The van der Waals surface area contributed by atoms with E-state index in [-0.39, 0.29) is 18.4 Å². The number of carboxylic acid groups (broad SMARTS) is 1. The molecule has 0 radical (unpaired) electrons. The summed E-state index contributed by atoms with van der Waals surface area (Å²) >= 11 is 0. The Morgan fingerprint density at radius 1 is 1.28 bits per heavy atom. The molecule has 1 amide bonds. The number of nitrogens with one attached hydrogen (secondary N) is 1. The van der Waals surface area contributed by atoms with Gasteiger partial charge in [0.15, 0.2) is 5.82 Å². The van der Waals surface area contributed by atoms with Gasteiger partial charge in [-0.3, -0.25) is 4.79 Å². The molecule has 2 fully saturated rings. The number of carbonyl (C=O) groups is 2. The lowest BCUT2D eigenvalue weighted by molar-refractivity contribution is -0.192. The molecule has 2 aromatic rings. The van der Waals surface area contributed by atoms with Gasteiger partial charge in [-0.1, -0.05) is 0 Å². The molecule has 174 valence electrons. The third kappa shape index (κ3) is 6.94. The second-order valence-corrected chi connectivity index (χ2v) is 7.36. The highest BCUT2D eigenvalue weighted by Gasteiger charge is 2.38. The quantitative estimate of drug-likeness (QED) is 0.681. The molecule has 4 rings (SSSR count). The number of carbonyl (C=O) groups excluding carboxylic acids is 1. The van der Waals surface area contributed by atoms with Crippen molar-refractivity contribution < 1.29 is 37.0 Å². The zero-order valence-electron chi connectivity index (χ0n) is 17.0. The van der Waals surface area contributed by atoms with Crippen LogP contribution in [0.2, 0.25) is 0 Å². The first kappa shape index (κ1) is 23.5. The van der Waals surface area contributed by atoms with Crippen LogP contribution in [0.3, 0.4) is 0 Å². The molecule has 0 aromatic carbocycles. The second kappa shape index (κ2) is 10.4. The number of aromatic nitrogens is 2. The molecule has 0 bridgehead atoms. The third-order valence-corrected chi connectivity index (χ3v) is 4.84. The monoisotopic (exact) mass is 456 g/mol. The maximum absolute atomic E-state index is 12.7. The SMILES string of the molecule is O=C(Cc1ccco1)N1CCOCC1c1nccc(NCC2CC2)n1.O=C(O)C(F)(F)F. The lowest BCUT2D eigenvalue weighted by Crippen LogP contribution is -2.44. The van der Waals surface area contributed by atoms with E-state index in [0.29, 0.717) is 31.3 Å². The van der Waals surface area contributed by atoms with Crippen LogP contribution in [-0.2, 0) is 20.7 Å². The van der Waals surface area contributed by atoms with Crippen molar-refractivity contribution in [3.8, 4) is 0 Å². The summed E-state index contributed by atoms with van der Waals surface area (Å²) in [5, 5.41) is 10.5. The van der Waals surface area contributed by atoms with Gasteiger partial charge < -0.3 is 24.5 Å². The van der Waals surface area contributed by atoms with Crippen molar-refractivity contribution in [1.82, 2.24) is 14.9 Å². The Morgan fingerprint density at radius 3 is 2.66 bits per heavy atom. The van der Waals surface area contributed by atoms with Gasteiger partial charge in [-0.25, -0.2) is 14.8 Å². The number of anilines is 1. The highest BCUT2D eigenvalue weighted by atomic mass is 19.4. The van der Waals surface area contributed by atoms with Crippen molar-refractivity contribution in [2.45, 2.75) is 31.5 Å². The summed E-state index contributed by atoms with van der Waals surface area (Å²) in [6, 6.07) is 5.20. The zero-order valence-corrected chi connectivity index (χ0v) is 17.0. The Bertz CT molecular complexity index is 903. The number of hydrogen-bond acceptors (Lipinski definition) is 7. The number of nitrogens with zero attached hydrogens (tertiary/aromatic N) is 3. The van der Waals surface area contributed by atoms with E-state index in [2.05, 4.69) is 15.3 Å². The third-order valence-electron chi connectivity index (χ3n) is 4.84. The molecule has 32 heavy (non-hydrogen) atoms. The number of furan rings is 1. The highest BCUT2D eigenvalue weighted by molar-refractivity contribution is 5.78. The topological polar surface area (TPSA) is 118 Å². The second-order valence-electron chi connectivity index (χ2n) is 7.36. The Hall–Kier alpha value is -3.15. The fourth-order valence-corrected chi connectivity index (χ4v) is 2.98. The van der Waals surface area contributed by atoms with E-state index in [0.717, 1.165) is 18.3 Å². The van der Waals surface area contributed by atoms with E-state index in [1.807, 2.05) is 12.1 Å². The Kier molecular flexibility index (Phi) is 7.67. The number of alkyl halides is 3. The first-order valence-electron chi connectivity index (χ1n) is 10.0. The first-order valence-corrected chi connectivity index (χ1v) is 10.0. The van der Waals surface area contributed by atoms with E-state index in [1.54, 1.807) is 23.4 Å². The molecule has 2 N–H and O–H groups in total. The van der Waals surface area contributed by atoms with Crippen molar-refractivity contribution in [3.63, 3.8) is 0 Å².